The van der Waals surface area contributed by atoms with Gasteiger partial charge in [0.05, 0.1) is 30.6 Å². The Bertz CT molecular complexity index is 969. The Morgan fingerprint density at radius 2 is 2.07 bits per heavy atom. The van der Waals surface area contributed by atoms with Gasteiger partial charge in [-0.25, -0.2) is 4.98 Å². The van der Waals surface area contributed by atoms with Crippen molar-refractivity contribution in [2.45, 2.75) is 38.2 Å². The topological polar surface area (TPSA) is 104 Å². The number of aliphatic hydroxyl groups excluding tert-OH is 1. The largest absolute Gasteiger partial charge is 0.481 e. The van der Waals surface area contributed by atoms with E-state index in [1.54, 1.807) is 19.5 Å². The van der Waals surface area contributed by atoms with Gasteiger partial charge in [-0.3, -0.25) is 4.98 Å². The molecule has 0 saturated carbocycles. The highest BCUT2D eigenvalue weighted by Gasteiger charge is 2.49. The second-order valence-electron chi connectivity index (χ2n) is 7.69. The molecule has 2 aliphatic carbocycles. The Morgan fingerprint density at radius 3 is 2.75 bits per heavy atom. The lowest BCUT2D eigenvalue weighted by atomic mass is 9.57. The van der Waals surface area contributed by atoms with Gasteiger partial charge in [0.25, 0.3) is 0 Å². The molecule has 0 bridgehead atoms. The molecule has 144 valence electrons. The summed E-state index contributed by atoms with van der Waals surface area (Å²) in [5, 5.41) is 23.3. The second-order valence-corrected chi connectivity index (χ2v) is 7.69. The van der Waals surface area contributed by atoms with Crippen molar-refractivity contribution in [3.8, 4) is 11.9 Å². The standard InChI is InChI=1S/C21H23N5O2/c1-12-16-5-4-15-18(21(16,2)10-13(11-22)17(12)27)25-20(26-19(15)28-3)24-14-6-8-23-9-7-14/h6-10,12,16-17,27H,4-5H2,1-3H3,(H,23,24,25,26)/t12-,16-,17?,21-/m1/s1. The summed E-state index contributed by atoms with van der Waals surface area (Å²) < 4.78 is 5.58. The highest BCUT2D eigenvalue weighted by molar-refractivity contribution is 5.55. The van der Waals surface area contributed by atoms with E-state index in [1.807, 2.05) is 25.1 Å². The smallest absolute Gasteiger partial charge is 0.230 e. The summed E-state index contributed by atoms with van der Waals surface area (Å²) in [5.74, 6) is 1.14. The third kappa shape index (κ3) is 2.81. The maximum atomic E-state index is 10.5. The number of ether oxygens (including phenoxy) is 1. The quantitative estimate of drug-likeness (QED) is 0.847. The van der Waals surface area contributed by atoms with Gasteiger partial charge in [0.15, 0.2) is 0 Å². The minimum atomic E-state index is -0.734. The lowest BCUT2D eigenvalue weighted by Gasteiger charge is -2.47. The lowest BCUT2D eigenvalue weighted by Crippen LogP contribution is -2.47. The Kier molecular flexibility index (Phi) is 4.52. The Labute approximate surface area is 164 Å². The maximum Gasteiger partial charge on any atom is 0.230 e. The van der Waals surface area contributed by atoms with Crippen molar-refractivity contribution < 1.29 is 9.84 Å². The van der Waals surface area contributed by atoms with E-state index in [0.29, 0.717) is 17.4 Å². The second kappa shape index (κ2) is 6.88. The molecule has 4 rings (SSSR count). The van der Waals surface area contributed by atoms with E-state index in [4.69, 9.17) is 9.72 Å². The van der Waals surface area contributed by atoms with Crippen LogP contribution in [0.15, 0.2) is 36.2 Å². The first kappa shape index (κ1) is 18.4. The van der Waals surface area contributed by atoms with Crippen molar-refractivity contribution in [2.75, 3.05) is 12.4 Å². The number of nitriles is 1. The number of nitrogens with one attached hydrogen (secondary N) is 1. The van der Waals surface area contributed by atoms with Crippen LogP contribution in [0.2, 0.25) is 0 Å². The molecule has 4 atom stereocenters. The SMILES string of the molecule is COc1nc(Nc2ccncc2)nc2c1CC[C@@H]1[C@@H](C)C(O)C(C#N)=C[C@@]21C. The molecule has 7 heteroatoms. The van der Waals surface area contributed by atoms with Crippen LogP contribution in [0, 0.1) is 23.2 Å². The zero-order valence-corrected chi connectivity index (χ0v) is 16.2. The van der Waals surface area contributed by atoms with Crippen LogP contribution in [0.3, 0.4) is 0 Å². The van der Waals surface area contributed by atoms with Crippen molar-refractivity contribution in [1.82, 2.24) is 15.0 Å². The summed E-state index contributed by atoms with van der Waals surface area (Å²) in [7, 11) is 1.61. The van der Waals surface area contributed by atoms with Crippen LogP contribution in [0.5, 0.6) is 5.88 Å². The van der Waals surface area contributed by atoms with E-state index in [-0.39, 0.29) is 11.8 Å². The lowest BCUT2D eigenvalue weighted by molar-refractivity contribution is 0.0665. The van der Waals surface area contributed by atoms with Gasteiger partial charge in [0, 0.05) is 29.1 Å². The van der Waals surface area contributed by atoms with Gasteiger partial charge in [0.1, 0.15) is 0 Å². The van der Waals surface area contributed by atoms with Gasteiger partial charge in [-0.2, -0.15) is 10.2 Å². The molecule has 2 N–H and O–H groups in total. The molecule has 2 aromatic heterocycles. The highest BCUT2D eigenvalue weighted by atomic mass is 16.5. The fourth-order valence-corrected chi connectivity index (χ4v) is 4.69. The van der Waals surface area contributed by atoms with Crippen molar-refractivity contribution in [1.29, 1.82) is 5.26 Å². The van der Waals surface area contributed by atoms with Gasteiger partial charge in [-0.05, 0) is 36.8 Å². The van der Waals surface area contributed by atoms with Gasteiger partial charge >= 0.3 is 0 Å². The molecule has 0 fully saturated rings. The molecule has 0 saturated heterocycles. The van der Waals surface area contributed by atoms with Crippen LogP contribution in [-0.2, 0) is 11.8 Å². The Hall–Kier alpha value is -2.98. The first-order chi connectivity index (χ1) is 13.5. The number of methoxy groups -OCH3 is 1. The van der Waals surface area contributed by atoms with Crippen LogP contribution >= 0.6 is 0 Å². The summed E-state index contributed by atoms with van der Waals surface area (Å²) >= 11 is 0. The Morgan fingerprint density at radius 1 is 1.32 bits per heavy atom. The summed E-state index contributed by atoms with van der Waals surface area (Å²) in [6.45, 7) is 4.11. The number of pyridine rings is 1. The van der Waals surface area contributed by atoms with Crippen molar-refractivity contribution in [3.63, 3.8) is 0 Å². The molecule has 2 heterocycles. The number of aromatic nitrogens is 3. The van der Waals surface area contributed by atoms with Crippen LogP contribution in [0.4, 0.5) is 11.6 Å². The minimum Gasteiger partial charge on any atom is -0.481 e. The van der Waals surface area contributed by atoms with Crippen LogP contribution in [0.25, 0.3) is 0 Å². The van der Waals surface area contributed by atoms with Gasteiger partial charge in [0.2, 0.25) is 11.8 Å². The van der Waals surface area contributed by atoms with E-state index in [9.17, 15) is 10.4 Å². The monoisotopic (exact) mass is 377 g/mol. The van der Waals surface area contributed by atoms with Gasteiger partial charge in [-0.1, -0.05) is 19.9 Å². The van der Waals surface area contributed by atoms with Crippen LogP contribution in [-0.4, -0.2) is 33.3 Å². The number of nitrogens with zero attached hydrogens (tertiary/aromatic N) is 4. The van der Waals surface area contributed by atoms with E-state index >= 15 is 0 Å². The fraction of sp³-hybridized carbons (Fsp3) is 0.429. The molecule has 0 spiro atoms. The average molecular weight is 377 g/mol. The molecule has 28 heavy (non-hydrogen) atoms. The predicted octanol–water partition coefficient (Wildman–Crippen LogP) is 2.90. The summed E-state index contributed by atoms with van der Waals surface area (Å²) in [6, 6.07) is 5.85. The number of anilines is 2. The fourth-order valence-electron chi connectivity index (χ4n) is 4.69. The molecule has 2 aliphatic rings. The average Bonchev–Trinajstić information content (AvgIpc) is 2.71. The first-order valence-electron chi connectivity index (χ1n) is 9.41. The normalized spacial score (nSPS) is 28.4. The molecule has 0 aromatic carbocycles. The zero-order chi connectivity index (χ0) is 19.9. The molecule has 0 aliphatic heterocycles. The number of rotatable bonds is 3. The van der Waals surface area contributed by atoms with Crippen molar-refractivity contribution in [2.24, 2.45) is 11.8 Å². The maximum absolute atomic E-state index is 10.5. The summed E-state index contributed by atoms with van der Waals surface area (Å²) in [4.78, 5) is 13.4. The third-order valence-electron chi connectivity index (χ3n) is 6.12. The summed E-state index contributed by atoms with van der Waals surface area (Å²) in [6.07, 6.45) is 6.21. The van der Waals surface area contributed by atoms with Crippen molar-refractivity contribution in [3.05, 3.63) is 47.4 Å². The number of aliphatic hydroxyl groups is 1. The van der Waals surface area contributed by atoms with Gasteiger partial charge < -0.3 is 15.2 Å². The van der Waals surface area contributed by atoms with Gasteiger partial charge in [-0.15, -0.1) is 0 Å². The van der Waals surface area contributed by atoms with E-state index in [2.05, 4.69) is 28.3 Å². The molecular weight excluding hydrogens is 354 g/mol. The number of hydrogen-bond donors (Lipinski definition) is 2. The van der Waals surface area contributed by atoms with Crippen molar-refractivity contribution >= 4 is 11.6 Å². The molecule has 0 radical (unpaired) electrons. The number of allylic oxidation sites excluding steroid dienone is 1. The Balaban J connectivity index is 1.86. The number of hydrogen-bond acceptors (Lipinski definition) is 7. The highest BCUT2D eigenvalue weighted by Crippen LogP contribution is 2.51. The van der Waals surface area contributed by atoms with E-state index in [0.717, 1.165) is 29.8 Å². The molecule has 1 unspecified atom stereocenters. The summed E-state index contributed by atoms with van der Waals surface area (Å²) in [5.41, 5.74) is 2.59. The van der Waals surface area contributed by atoms with Crippen LogP contribution < -0.4 is 10.1 Å². The van der Waals surface area contributed by atoms with Crippen LogP contribution in [0.1, 0.15) is 31.5 Å². The molecule has 0 amide bonds. The first-order valence-corrected chi connectivity index (χ1v) is 9.41. The zero-order valence-electron chi connectivity index (χ0n) is 16.2. The number of fused-ring (bicyclic) bond motifs is 3. The minimum absolute atomic E-state index is 0.0321. The molecule has 2 aromatic rings. The molecular formula is C21H23N5O2. The predicted molar refractivity (Wildman–Crippen MR) is 104 cm³/mol. The molecule has 7 nitrogen and oxygen atoms in total. The third-order valence-corrected chi connectivity index (χ3v) is 6.12. The van der Waals surface area contributed by atoms with E-state index < -0.39 is 11.5 Å². The van der Waals surface area contributed by atoms with E-state index in [1.165, 1.54) is 0 Å².